The lowest BCUT2D eigenvalue weighted by atomic mass is 9.96. The van der Waals surface area contributed by atoms with Crippen molar-refractivity contribution in [3.63, 3.8) is 0 Å². The van der Waals surface area contributed by atoms with Gasteiger partial charge in [-0.25, -0.2) is 5.21 Å². The van der Waals surface area contributed by atoms with Gasteiger partial charge in [0, 0.05) is 11.6 Å². The monoisotopic (exact) mass is 344 g/mol. The first-order chi connectivity index (χ1) is 12.8. The van der Waals surface area contributed by atoms with Gasteiger partial charge in [-0.2, -0.15) is 5.23 Å². The van der Waals surface area contributed by atoms with Crippen molar-refractivity contribution in [1.29, 1.82) is 0 Å². The third kappa shape index (κ3) is 2.91. The molecule has 1 heterocycles. The van der Waals surface area contributed by atoms with Gasteiger partial charge in [0.15, 0.2) is 11.4 Å². The van der Waals surface area contributed by atoms with Crippen molar-refractivity contribution >= 4 is 5.69 Å². The lowest BCUT2D eigenvalue weighted by molar-refractivity contribution is -0.991. The Kier molecular flexibility index (Phi) is 4.33. The molecule has 0 saturated carbocycles. The number of rotatable bonds is 4. The van der Waals surface area contributed by atoms with Gasteiger partial charge < -0.3 is 9.73 Å². The first kappa shape index (κ1) is 16.2. The van der Waals surface area contributed by atoms with E-state index in [1.807, 2.05) is 60.7 Å². The summed E-state index contributed by atoms with van der Waals surface area (Å²) in [5.41, 5.74) is 3.99. The van der Waals surface area contributed by atoms with Gasteiger partial charge in [0.25, 0.3) is 0 Å². The summed E-state index contributed by atoms with van der Waals surface area (Å²) in [7, 11) is 0. The van der Waals surface area contributed by atoms with Crippen molar-refractivity contribution in [2.75, 3.05) is 0 Å². The van der Waals surface area contributed by atoms with Gasteiger partial charge in [0.2, 0.25) is 0 Å². The van der Waals surface area contributed by atoms with Crippen LogP contribution in [0.1, 0.15) is 0 Å². The topological polar surface area (TPSA) is 73.8 Å². The second-order valence-electron chi connectivity index (χ2n) is 5.82. The number of nitrogens with zero attached hydrogens (tertiary/aromatic N) is 1. The van der Waals surface area contributed by atoms with E-state index < -0.39 is 5.23 Å². The summed E-state index contributed by atoms with van der Waals surface area (Å²) < 4.78 is 5.67. The van der Waals surface area contributed by atoms with E-state index in [0.717, 1.165) is 16.7 Å². The zero-order valence-electron chi connectivity index (χ0n) is 13.8. The van der Waals surface area contributed by atoms with Crippen LogP contribution in [-0.2, 0) is 0 Å². The van der Waals surface area contributed by atoms with Crippen molar-refractivity contribution in [3.8, 4) is 33.7 Å². The van der Waals surface area contributed by atoms with E-state index in [9.17, 15) is 10.4 Å². The van der Waals surface area contributed by atoms with E-state index in [-0.39, 0.29) is 5.69 Å². The molecule has 2 N–H and O–H groups in total. The minimum atomic E-state index is -1.00. The molecule has 26 heavy (non-hydrogen) atoms. The van der Waals surface area contributed by atoms with Crippen molar-refractivity contribution < 1.29 is 15.0 Å². The highest BCUT2D eigenvalue weighted by Crippen LogP contribution is 2.41. The summed E-state index contributed by atoms with van der Waals surface area (Å²) in [6.07, 6.45) is 0. The summed E-state index contributed by atoms with van der Waals surface area (Å²) in [4.78, 5) is 0. The SMILES string of the molecule is [O-][NH+](O)c1ccccc1-c1onc(-c2ccccc2)c1-c1ccccc1. The summed E-state index contributed by atoms with van der Waals surface area (Å²) in [6.45, 7) is 0. The standard InChI is InChI=1S/C21H16N2O3/c24-23(25)18-14-8-7-13-17(18)21-19(15-9-3-1-4-10-15)20(22-26-21)16-11-5-2-6-12-16/h1-14,23-24H. The number of hydrogen-bond acceptors (Lipinski definition) is 4. The molecule has 0 aliphatic heterocycles. The highest BCUT2D eigenvalue weighted by molar-refractivity contribution is 5.92. The van der Waals surface area contributed by atoms with Gasteiger partial charge in [0.1, 0.15) is 5.69 Å². The number of benzene rings is 3. The van der Waals surface area contributed by atoms with Crippen LogP contribution in [0, 0.1) is 5.21 Å². The lowest BCUT2D eigenvalue weighted by Gasteiger charge is -2.14. The Morgan fingerprint density at radius 3 is 2.00 bits per heavy atom. The Morgan fingerprint density at radius 1 is 0.769 bits per heavy atom. The molecule has 128 valence electrons. The number of hydrogen-bond donors (Lipinski definition) is 2. The molecule has 0 aliphatic carbocycles. The van der Waals surface area contributed by atoms with E-state index in [4.69, 9.17) is 4.52 Å². The molecule has 0 fully saturated rings. The van der Waals surface area contributed by atoms with E-state index in [1.165, 1.54) is 0 Å². The van der Waals surface area contributed by atoms with Crippen LogP contribution in [0.25, 0.3) is 33.7 Å². The van der Waals surface area contributed by atoms with Crippen LogP contribution < -0.4 is 5.23 Å². The molecule has 4 rings (SSSR count). The van der Waals surface area contributed by atoms with Gasteiger partial charge in [-0.15, -0.1) is 0 Å². The number of quaternary nitrogens is 1. The highest BCUT2D eigenvalue weighted by Gasteiger charge is 2.24. The molecule has 5 heteroatoms. The Morgan fingerprint density at radius 2 is 1.35 bits per heavy atom. The van der Waals surface area contributed by atoms with Gasteiger partial charge in [0.05, 0.1) is 11.1 Å². The second kappa shape index (κ2) is 6.93. The molecule has 1 aromatic heterocycles. The molecule has 0 amide bonds. The molecular weight excluding hydrogens is 328 g/mol. The van der Waals surface area contributed by atoms with Crippen LogP contribution in [0.2, 0.25) is 0 Å². The summed E-state index contributed by atoms with van der Waals surface area (Å²) in [6, 6.07) is 26.2. The number of aromatic nitrogens is 1. The van der Waals surface area contributed by atoms with Gasteiger partial charge in [-0.05, 0) is 11.6 Å². The largest absolute Gasteiger partial charge is 0.595 e. The van der Waals surface area contributed by atoms with Crippen LogP contribution in [0.3, 0.4) is 0 Å². The molecule has 0 saturated heterocycles. The van der Waals surface area contributed by atoms with Gasteiger partial charge >= 0.3 is 0 Å². The van der Waals surface area contributed by atoms with Crippen LogP contribution in [0.5, 0.6) is 0 Å². The molecule has 0 aliphatic rings. The van der Waals surface area contributed by atoms with E-state index in [1.54, 1.807) is 24.3 Å². The first-order valence-electron chi connectivity index (χ1n) is 8.19. The van der Waals surface area contributed by atoms with Crippen molar-refractivity contribution in [1.82, 2.24) is 5.16 Å². The van der Waals surface area contributed by atoms with Crippen LogP contribution in [0.15, 0.2) is 89.5 Å². The van der Waals surface area contributed by atoms with E-state index in [0.29, 0.717) is 17.0 Å². The maximum absolute atomic E-state index is 11.7. The highest BCUT2D eigenvalue weighted by atomic mass is 16.8. The Bertz CT molecular complexity index is 1010. The molecule has 0 radical (unpaired) electrons. The van der Waals surface area contributed by atoms with Crippen molar-refractivity contribution in [2.24, 2.45) is 0 Å². The summed E-state index contributed by atoms with van der Waals surface area (Å²) >= 11 is 0. The smallest absolute Gasteiger partial charge is 0.181 e. The Labute approximate surface area is 150 Å². The Hall–Kier alpha value is -3.25. The number of nitrogens with one attached hydrogen (secondary N) is 1. The normalized spacial score (nSPS) is 12.1. The van der Waals surface area contributed by atoms with Crippen LogP contribution >= 0.6 is 0 Å². The van der Waals surface area contributed by atoms with Crippen LogP contribution in [-0.4, -0.2) is 10.4 Å². The first-order valence-corrected chi connectivity index (χ1v) is 8.19. The fourth-order valence-corrected chi connectivity index (χ4v) is 3.01. The molecule has 5 nitrogen and oxygen atoms in total. The van der Waals surface area contributed by atoms with Crippen LogP contribution in [0.4, 0.5) is 5.69 Å². The molecule has 1 unspecified atom stereocenters. The van der Waals surface area contributed by atoms with Crippen molar-refractivity contribution in [3.05, 3.63) is 90.1 Å². The summed E-state index contributed by atoms with van der Waals surface area (Å²) in [5.74, 6) is 0.452. The maximum atomic E-state index is 11.7. The molecule has 0 bridgehead atoms. The quantitative estimate of drug-likeness (QED) is 0.547. The average molecular weight is 344 g/mol. The average Bonchev–Trinajstić information content (AvgIpc) is 3.14. The fraction of sp³-hybridized carbons (Fsp3) is 0. The van der Waals surface area contributed by atoms with Crippen molar-refractivity contribution in [2.45, 2.75) is 0 Å². The minimum Gasteiger partial charge on any atom is -0.595 e. The molecule has 3 aromatic carbocycles. The lowest BCUT2D eigenvalue weighted by Crippen LogP contribution is -2.99. The number of para-hydroxylation sites is 1. The van der Waals surface area contributed by atoms with E-state index in [2.05, 4.69) is 5.16 Å². The molecule has 4 aromatic rings. The van der Waals surface area contributed by atoms with Gasteiger partial charge in [-0.3, -0.25) is 0 Å². The molecule has 0 spiro atoms. The minimum absolute atomic E-state index is 0.181. The molecule has 1 atom stereocenters. The van der Waals surface area contributed by atoms with Gasteiger partial charge in [-0.1, -0.05) is 78.0 Å². The second-order valence-corrected chi connectivity index (χ2v) is 5.82. The third-order valence-corrected chi connectivity index (χ3v) is 4.20. The fourth-order valence-electron chi connectivity index (χ4n) is 3.01. The third-order valence-electron chi connectivity index (χ3n) is 4.20. The predicted octanol–water partition coefficient (Wildman–Crippen LogP) is 4.08. The molecular formula is C21H16N2O3. The summed E-state index contributed by atoms with van der Waals surface area (Å²) in [5, 5.41) is 24.5. The predicted molar refractivity (Wildman–Crippen MR) is 98.6 cm³/mol. The van der Waals surface area contributed by atoms with E-state index >= 15 is 0 Å². The zero-order chi connectivity index (χ0) is 17.9. The maximum Gasteiger partial charge on any atom is 0.181 e. The Balaban J connectivity index is 1.99. The zero-order valence-corrected chi connectivity index (χ0v) is 13.8.